The fourth-order valence-electron chi connectivity index (χ4n) is 4.16. The van der Waals surface area contributed by atoms with Crippen LogP contribution < -0.4 is 20.4 Å². The van der Waals surface area contributed by atoms with Crippen LogP contribution in [0.4, 0.5) is 17.6 Å². The van der Waals surface area contributed by atoms with Crippen molar-refractivity contribution < 1.29 is 4.42 Å². The molecule has 4 heterocycles. The summed E-state index contributed by atoms with van der Waals surface area (Å²) in [6.45, 7) is 9.32. The Labute approximate surface area is 184 Å². The van der Waals surface area contributed by atoms with Crippen LogP contribution in [0.1, 0.15) is 45.3 Å². The highest BCUT2D eigenvalue weighted by molar-refractivity contribution is 7.80. The predicted octanol–water partition coefficient (Wildman–Crippen LogP) is 4.03. The summed E-state index contributed by atoms with van der Waals surface area (Å²) in [5.41, 5.74) is 0. The lowest BCUT2D eigenvalue weighted by Gasteiger charge is -2.34. The molecule has 2 N–H and O–H groups in total. The first-order chi connectivity index (χ1) is 14.6. The van der Waals surface area contributed by atoms with Crippen LogP contribution in [0.5, 0.6) is 0 Å². The van der Waals surface area contributed by atoms with Gasteiger partial charge in [0.05, 0.1) is 12.8 Å². The van der Waals surface area contributed by atoms with E-state index >= 15 is 0 Å². The van der Waals surface area contributed by atoms with Crippen LogP contribution in [0.15, 0.2) is 28.9 Å². The normalized spacial score (nSPS) is 20.3. The van der Waals surface area contributed by atoms with Crippen LogP contribution >= 0.6 is 12.2 Å². The number of aromatic nitrogens is 2. The molecule has 2 saturated heterocycles. The minimum Gasteiger partial charge on any atom is -0.467 e. The highest BCUT2D eigenvalue weighted by Gasteiger charge is 2.22. The van der Waals surface area contributed by atoms with Gasteiger partial charge in [0.1, 0.15) is 17.4 Å². The maximum Gasteiger partial charge on any atom is 0.232 e. The van der Waals surface area contributed by atoms with Crippen molar-refractivity contribution in [1.82, 2.24) is 15.3 Å². The molecule has 0 spiro atoms. The van der Waals surface area contributed by atoms with Gasteiger partial charge in [-0.3, -0.25) is 0 Å². The zero-order chi connectivity index (χ0) is 20.9. The van der Waals surface area contributed by atoms with Crippen molar-refractivity contribution >= 4 is 34.9 Å². The van der Waals surface area contributed by atoms with Gasteiger partial charge in [0.25, 0.3) is 0 Å². The molecule has 0 aliphatic carbocycles. The van der Waals surface area contributed by atoms with E-state index < -0.39 is 0 Å². The standard InChI is InChI=1S/C22H32N6OS/c1-16-7-10-27(11-8-16)19-13-20(28-9-3-5-17(2)15-28)25-21(24-19)26-22(30)23-14-18-6-4-12-29-18/h4,6,12-13,16-17H,3,5,7-11,14-15H2,1-2H3,(H2,23,24,25,26,30)/t17-/m0/s1. The Bertz CT molecular complexity index is 834. The predicted molar refractivity (Wildman–Crippen MR) is 125 cm³/mol. The Morgan fingerprint density at radius 1 is 1.10 bits per heavy atom. The Kier molecular flexibility index (Phi) is 6.72. The molecule has 2 aromatic heterocycles. The fraction of sp³-hybridized carbons (Fsp3) is 0.591. The van der Waals surface area contributed by atoms with Gasteiger partial charge in [-0.2, -0.15) is 9.97 Å². The zero-order valence-electron chi connectivity index (χ0n) is 17.9. The molecule has 0 bridgehead atoms. The van der Waals surface area contributed by atoms with E-state index in [0.717, 1.165) is 49.5 Å². The molecule has 0 aromatic carbocycles. The smallest absolute Gasteiger partial charge is 0.232 e. The molecule has 2 fully saturated rings. The van der Waals surface area contributed by atoms with Gasteiger partial charge in [-0.1, -0.05) is 13.8 Å². The van der Waals surface area contributed by atoms with Gasteiger partial charge in [0.15, 0.2) is 5.11 Å². The molecule has 1 atom stereocenters. The molecule has 2 aliphatic heterocycles. The molecule has 0 saturated carbocycles. The Morgan fingerprint density at radius 2 is 1.87 bits per heavy atom. The van der Waals surface area contributed by atoms with E-state index in [0.29, 0.717) is 23.5 Å². The number of furan rings is 1. The zero-order valence-corrected chi connectivity index (χ0v) is 18.7. The number of anilines is 3. The van der Waals surface area contributed by atoms with Crippen LogP contribution in [0.3, 0.4) is 0 Å². The van der Waals surface area contributed by atoms with Gasteiger partial charge in [-0.05, 0) is 61.9 Å². The Hall–Kier alpha value is -2.35. The van der Waals surface area contributed by atoms with Crippen LogP contribution in [0.2, 0.25) is 0 Å². The summed E-state index contributed by atoms with van der Waals surface area (Å²) in [4.78, 5) is 14.4. The number of thiocarbonyl (C=S) groups is 1. The largest absolute Gasteiger partial charge is 0.467 e. The third-order valence-electron chi connectivity index (χ3n) is 6.02. The first-order valence-corrected chi connectivity index (χ1v) is 11.4. The molecule has 4 rings (SSSR count). The molecule has 0 radical (unpaired) electrons. The Morgan fingerprint density at radius 3 is 2.57 bits per heavy atom. The second kappa shape index (κ2) is 9.64. The van der Waals surface area contributed by atoms with Gasteiger partial charge in [0.2, 0.25) is 5.95 Å². The monoisotopic (exact) mass is 428 g/mol. The number of nitrogens with zero attached hydrogens (tertiary/aromatic N) is 4. The van der Waals surface area contributed by atoms with Gasteiger partial charge in [-0.25, -0.2) is 0 Å². The SMILES string of the molecule is CC1CCN(c2cc(N3CCC[C@H](C)C3)nc(NC(=S)NCc3ccco3)n2)CC1. The average Bonchev–Trinajstić information content (AvgIpc) is 3.26. The van der Waals surface area contributed by atoms with Crippen LogP contribution in [-0.4, -0.2) is 41.3 Å². The second-order valence-electron chi connectivity index (χ2n) is 8.66. The first kappa shape index (κ1) is 20.9. The van der Waals surface area contributed by atoms with Crippen molar-refractivity contribution in [3.8, 4) is 0 Å². The molecule has 8 heteroatoms. The first-order valence-electron chi connectivity index (χ1n) is 11.0. The van der Waals surface area contributed by atoms with Crippen molar-refractivity contribution in [1.29, 1.82) is 0 Å². The van der Waals surface area contributed by atoms with Crippen LogP contribution in [-0.2, 0) is 6.54 Å². The molecule has 2 aromatic rings. The number of piperidine rings is 2. The third-order valence-corrected chi connectivity index (χ3v) is 6.26. The number of nitrogens with one attached hydrogen (secondary N) is 2. The van der Waals surface area contributed by atoms with E-state index in [2.05, 4.69) is 40.3 Å². The summed E-state index contributed by atoms with van der Waals surface area (Å²) in [5.74, 6) is 4.82. The second-order valence-corrected chi connectivity index (χ2v) is 9.07. The van der Waals surface area contributed by atoms with Crippen molar-refractivity contribution in [3.05, 3.63) is 30.2 Å². The van der Waals surface area contributed by atoms with E-state index in [1.165, 1.54) is 25.7 Å². The molecule has 30 heavy (non-hydrogen) atoms. The summed E-state index contributed by atoms with van der Waals surface area (Å²) >= 11 is 5.47. The molecule has 162 valence electrons. The molecular formula is C22H32N6OS. The van der Waals surface area contributed by atoms with E-state index in [-0.39, 0.29) is 0 Å². The van der Waals surface area contributed by atoms with Crippen molar-refractivity contribution in [2.75, 3.05) is 41.3 Å². The molecular weight excluding hydrogens is 396 g/mol. The van der Waals surface area contributed by atoms with Crippen molar-refractivity contribution in [2.45, 2.75) is 46.1 Å². The van der Waals surface area contributed by atoms with Gasteiger partial charge < -0.3 is 24.9 Å². The maximum atomic E-state index is 5.47. The fourth-order valence-corrected chi connectivity index (χ4v) is 4.33. The number of hydrogen-bond donors (Lipinski definition) is 2. The lowest BCUT2D eigenvalue weighted by Crippen LogP contribution is -2.37. The molecule has 0 unspecified atom stereocenters. The number of rotatable bonds is 5. The summed E-state index contributed by atoms with van der Waals surface area (Å²) in [5, 5.41) is 6.84. The van der Waals surface area contributed by atoms with E-state index in [4.69, 9.17) is 26.6 Å². The lowest BCUT2D eigenvalue weighted by atomic mass is 9.99. The van der Waals surface area contributed by atoms with Gasteiger partial charge >= 0.3 is 0 Å². The van der Waals surface area contributed by atoms with Crippen molar-refractivity contribution in [2.24, 2.45) is 11.8 Å². The van der Waals surface area contributed by atoms with E-state index in [1.54, 1.807) is 6.26 Å². The Balaban J connectivity index is 1.51. The van der Waals surface area contributed by atoms with Crippen LogP contribution in [0.25, 0.3) is 0 Å². The highest BCUT2D eigenvalue weighted by Crippen LogP contribution is 2.28. The van der Waals surface area contributed by atoms with Gasteiger partial charge in [0, 0.05) is 32.2 Å². The molecule has 7 nitrogen and oxygen atoms in total. The summed E-state index contributed by atoms with van der Waals surface area (Å²) in [6.07, 6.45) is 6.54. The average molecular weight is 429 g/mol. The minimum atomic E-state index is 0.494. The highest BCUT2D eigenvalue weighted by atomic mass is 32.1. The third kappa shape index (κ3) is 5.41. The topological polar surface area (TPSA) is 69.5 Å². The van der Waals surface area contributed by atoms with Crippen molar-refractivity contribution in [3.63, 3.8) is 0 Å². The molecule has 2 aliphatic rings. The van der Waals surface area contributed by atoms with Crippen LogP contribution in [0, 0.1) is 11.8 Å². The summed E-state index contributed by atoms with van der Waals surface area (Å²) < 4.78 is 5.36. The summed E-state index contributed by atoms with van der Waals surface area (Å²) in [7, 11) is 0. The maximum absolute atomic E-state index is 5.47. The minimum absolute atomic E-state index is 0.494. The van der Waals surface area contributed by atoms with E-state index in [1.807, 2.05) is 12.1 Å². The van der Waals surface area contributed by atoms with E-state index in [9.17, 15) is 0 Å². The lowest BCUT2D eigenvalue weighted by molar-refractivity contribution is 0.435. The molecule has 0 amide bonds. The van der Waals surface area contributed by atoms with Gasteiger partial charge in [-0.15, -0.1) is 0 Å². The number of hydrogen-bond acceptors (Lipinski definition) is 6. The quantitative estimate of drug-likeness (QED) is 0.692. The summed E-state index contributed by atoms with van der Waals surface area (Å²) in [6, 6.07) is 5.93.